The Morgan fingerprint density at radius 2 is 1.74 bits per heavy atom. The van der Waals surface area contributed by atoms with Crippen LogP contribution in [0.25, 0.3) is 0 Å². The second-order valence-corrected chi connectivity index (χ2v) is 5.63. The van der Waals surface area contributed by atoms with Gasteiger partial charge in [0.15, 0.2) is 0 Å². The van der Waals surface area contributed by atoms with Crippen LogP contribution in [0.2, 0.25) is 0 Å². The van der Waals surface area contributed by atoms with Gasteiger partial charge in [-0.2, -0.15) is 0 Å². The molecule has 1 aliphatic rings. The van der Waals surface area contributed by atoms with Gasteiger partial charge < -0.3 is 10.5 Å². The van der Waals surface area contributed by atoms with E-state index in [9.17, 15) is 25.0 Å². The third-order valence-electron chi connectivity index (χ3n) is 3.96. The van der Waals surface area contributed by atoms with Crippen molar-refractivity contribution in [2.24, 2.45) is 5.73 Å². The molecule has 0 aliphatic heterocycles. The zero-order chi connectivity index (χ0) is 17.0. The molecular weight excluding hydrogens is 306 g/mol. The summed E-state index contributed by atoms with van der Waals surface area (Å²) in [7, 11) is 0. The third kappa shape index (κ3) is 3.81. The minimum absolute atomic E-state index is 0.212. The highest BCUT2D eigenvalue weighted by molar-refractivity contribution is 5.80. The minimum atomic E-state index is -1.01. The summed E-state index contributed by atoms with van der Waals surface area (Å²) in [5.74, 6) is -0.543. The Morgan fingerprint density at radius 1 is 1.13 bits per heavy atom. The van der Waals surface area contributed by atoms with E-state index in [4.69, 9.17) is 10.5 Å². The van der Waals surface area contributed by atoms with Gasteiger partial charge >= 0.3 is 17.3 Å². The Balaban J connectivity index is 2.08. The molecule has 2 rings (SSSR count). The number of rotatable bonds is 5. The van der Waals surface area contributed by atoms with E-state index in [-0.39, 0.29) is 6.61 Å². The minimum Gasteiger partial charge on any atom is -0.459 e. The highest BCUT2D eigenvalue weighted by Crippen LogP contribution is 2.29. The molecule has 1 aromatic rings. The second kappa shape index (κ2) is 6.69. The zero-order valence-corrected chi connectivity index (χ0v) is 12.4. The molecule has 0 atom stereocenters. The molecule has 2 N–H and O–H groups in total. The van der Waals surface area contributed by atoms with Crippen LogP contribution in [-0.4, -0.2) is 21.4 Å². The van der Waals surface area contributed by atoms with Crippen molar-refractivity contribution in [3.8, 4) is 0 Å². The largest absolute Gasteiger partial charge is 0.459 e. The summed E-state index contributed by atoms with van der Waals surface area (Å²) in [5.41, 5.74) is 4.09. The van der Waals surface area contributed by atoms with Crippen LogP contribution in [0, 0.1) is 20.2 Å². The number of carbonyl (C=O) groups excluding carboxylic acids is 1. The molecule has 0 aromatic heterocycles. The summed E-state index contributed by atoms with van der Waals surface area (Å²) in [6.07, 6.45) is 3.84. The molecule has 1 aromatic carbocycles. The Hall–Kier alpha value is -2.55. The number of nitro groups is 2. The number of esters is 1. The van der Waals surface area contributed by atoms with Crippen LogP contribution >= 0.6 is 0 Å². The van der Waals surface area contributed by atoms with Crippen LogP contribution < -0.4 is 5.73 Å². The summed E-state index contributed by atoms with van der Waals surface area (Å²) >= 11 is 0. The Kier molecular flexibility index (Phi) is 4.89. The van der Waals surface area contributed by atoms with E-state index < -0.39 is 32.7 Å². The van der Waals surface area contributed by atoms with E-state index in [2.05, 4.69) is 0 Å². The Morgan fingerprint density at radius 3 is 2.30 bits per heavy atom. The average Bonchev–Trinajstić information content (AvgIpc) is 2.52. The fourth-order valence-electron chi connectivity index (χ4n) is 2.64. The van der Waals surface area contributed by atoms with Gasteiger partial charge in [0.1, 0.15) is 12.1 Å². The van der Waals surface area contributed by atoms with E-state index in [0.717, 1.165) is 31.4 Å². The molecule has 0 bridgehead atoms. The summed E-state index contributed by atoms with van der Waals surface area (Å²) in [6, 6.07) is 3.39. The van der Waals surface area contributed by atoms with Crippen molar-refractivity contribution in [3.05, 3.63) is 44.0 Å². The fourth-order valence-corrected chi connectivity index (χ4v) is 2.64. The van der Waals surface area contributed by atoms with Crippen molar-refractivity contribution >= 4 is 17.3 Å². The van der Waals surface area contributed by atoms with Crippen LogP contribution in [0.5, 0.6) is 0 Å². The van der Waals surface area contributed by atoms with E-state index in [1.54, 1.807) is 0 Å². The first-order valence-electron chi connectivity index (χ1n) is 7.21. The molecule has 0 spiro atoms. The van der Waals surface area contributed by atoms with Gasteiger partial charge in [-0.05, 0) is 24.5 Å². The number of hydrogen-bond donors (Lipinski definition) is 1. The molecule has 0 amide bonds. The Labute approximate surface area is 131 Å². The molecule has 0 unspecified atom stereocenters. The first-order valence-corrected chi connectivity index (χ1v) is 7.21. The highest BCUT2D eigenvalue weighted by atomic mass is 16.6. The summed E-state index contributed by atoms with van der Waals surface area (Å²) in [5, 5.41) is 21.6. The standard InChI is InChI=1S/C14H17N3O6/c15-14(6-2-1-3-7-14)13(18)23-9-10-4-5-11(16(19)20)12(8-10)17(21)22/h4-5,8H,1-3,6-7,9,15H2. The van der Waals surface area contributed by atoms with Crippen LogP contribution in [0.4, 0.5) is 11.4 Å². The van der Waals surface area contributed by atoms with Crippen LogP contribution in [0.1, 0.15) is 37.7 Å². The van der Waals surface area contributed by atoms with Gasteiger partial charge in [-0.25, -0.2) is 0 Å². The molecule has 1 fully saturated rings. The van der Waals surface area contributed by atoms with Gasteiger partial charge in [-0.3, -0.25) is 25.0 Å². The molecule has 9 nitrogen and oxygen atoms in total. The van der Waals surface area contributed by atoms with Crippen LogP contribution in [-0.2, 0) is 16.1 Å². The molecule has 1 saturated carbocycles. The summed E-state index contributed by atoms with van der Waals surface area (Å²) in [4.78, 5) is 32.1. The van der Waals surface area contributed by atoms with E-state index in [1.807, 2.05) is 0 Å². The van der Waals surface area contributed by atoms with Crippen molar-refractivity contribution in [2.45, 2.75) is 44.2 Å². The van der Waals surface area contributed by atoms with Crippen molar-refractivity contribution in [2.75, 3.05) is 0 Å². The number of hydrogen-bond acceptors (Lipinski definition) is 7. The van der Waals surface area contributed by atoms with E-state index >= 15 is 0 Å². The normalized spacial score (nSPS) is 16.6. The average molecular weight is 323 g/mol. The summed E-state index contributed by atoms with van der Waals surface area (Å²) in [6.45, 7) is -0.212. The molecule has 23 heavy (non-hydrogen) atoms. The second-order valence-electron chi connectivity index (χ2n) is 5.63. The lowest BCUT2D eigenvalue weighted by molar-refractivity contribution is -0.422. The fraction of sp³-hybridized carbons (Fsp3) is 0.500. The number of nitrogens with zero attached hydrogens (tertiary/aromatic N) is 2. The number of nitrogens with two attached hydrogens (primary N) is 1. The Bertz CT molecular complexity index is 639. The van der Waals surface area contributed by atoms with Gasteiger partial charge in [0.2, 0.25) is 0 Å². The van der Waals surface area contributed by atoms with Gasteiger partial charge in [-0.1, -0.05) is 19.3 Å². The number of benzene rings is 1. The molecular formula is C14H17N3O6. The van der Waals surface area contributed by atoms with Crippen molar-refractivity contribution in [1.82, 2.24) is 0 Å². The molecule has 124 valence electrons. The lowest BCUT2D eigenvalue weighted by atomic mass is 9.83. The molecule has 0 radical (unpaired) electrons. The predicted octanol–water partition coefficient (Wildman–Crippen LogP) is 2.21. The zero-order valence-electron chi connectivity index (χ0n) is 12.4. The number of nitro benzene ring substituents is 2. The monoisotopic (exact) mass is 323 g/mol. The molecule has 1 aliphatic carbocycles. The highest BCUT2D eigenvalue weighted by Gasteiger charge is 2.37. The third-order valence-corrected chi connectivity index (χ3v) is 3.96. The number of ether oxygens (including phenoxy) is 1. The predicted molar refractivity (Wildman–Crippen MR) is 79.6 cm³/mol. The van der Waals surface area contributed by atoms with Crippen molar-refractivity contribution in [3.63, 3.8) is 0 Å². The lowest BCUT2D eigenvalue weighted by Crippen LogP contribution is -2.50. The van der Waals surface area contributed by atoms with Crippen molar-refractivity contribution in [1.29, 1.82) is 0 Å². The maximum atomic E-state index is 12.1. The maximum Gasteiger partial charge on any atom is 0.346 e. The quantitative estimate of drug-likeness (QED) is 0.497. The topological polar surface area (TPSA) is 139 Å². The van der Waals surface area contributed by atoms with E-state index in [1.165, 1.54) is 6.07 Å². The SMILES string of the molecule is NC1(C(=O)OCc2ccc([N+](=O)[O-])c([N+](=O)[O-])c2)CCCCC1. The van der Waals surface area contributed by atoms with E-state index in [0.29, 0.717) is 18.4 Å². The first-order chi connectivity index (χ1) is 10.8. The molecule has 9 heteroatoms. The van der Waals surface area contributed by atoms with Gasteiger partial charge in [0.05, 0.1) is 9.85 Å². The molecule has 0 heterocycles. The van der Waals surface area contributed by atoms with Gasteiger partial charge in [0, 0.05) is 12.1 Å². The molecule has 0 saturated heterocycles. The van der Waals surface area contributed by atoms with Crippen LogP contribution in [0.3, 0.4) is 0 Å². The smallest absolute Gasteiger partial charge is 0.346 e. The number of carbonyl (C=O) groups is 1. The first kappa shape index (κ1) is 16.8. The van der Waals surface area contributed by atoms with Gasteiger partial charge in [0.25, 0.3) is 0 Å². The van der Waals surface area contributed by atoms with Crippen LogP contribution in [0.15, 0.2) is 18.2 Å². The van der Waals surface area contributed by atoms with Gasteiger partial charge in [-0.15, -0.1) is 0 Å². The summed E-state index contributed by atoms with van der Waals surface area (Å²) < 4.78 is 5.15. The van der Waals surface area contributed by atoms with Crippen molar-refractivity contribution < 1.29 is 19.4 Å². The maximum absolute atomic E-state index is 12.1. The lowest BCUT2D eigenvalue weighted by Gasteiger charge is -2.30.